The predicted octanol–water partition coefficient (Wildman–Crippen LogP) is 4.94. The third kappa shape index (κ3) is 6.34. The maximum atomic E-state index is 13.7. The zero-order valence-corrected chi connectivity index (χ0v) is 22.3. The third-order valence-corrected chi connectivity index (χ3v) is 8.15. The predicted molar refractivity (Wildman–Crippen MR) is 148 cm³/mol. The van der Waals surface area contributed by atoms with E-state index in [9.17, 15) is 18.0 Å². The molecule has 0 aliphatic carbocycles. The molecule has 200 valence electrons. The average molecular weight is 536 g/mol. The maximum absolute atomic E-state index is 13.7. The van der Waals surface area contributed by atoms with Crippen LogP contribution in [0.5, 0.6) is 5.75 Å². The Bertz CT molecular complexity index is 1350. The van der Waals surface area contributed by atoms with E-state index in [2.05, 4.69) is 5.32 Å². The number of anilines is 2. The lowest BCUT2D eigenvalue weighted by molar-refractivity contribution is -0.114. The lowest BCUT2D eigenvalue weighted by Gasteiger charge is -2.26. The molecule has 1 aliphatic rings. The van der Waals surface area contributed by atoms with Gasteiger partial charge >= 0.3 is 0 Å². The van der Waals surface area contributed by atoms with E-state index in [-0.39, 0.29) is 16.5 Å². The van der Waals surface area contributed by atoms with Crippen molar-refractivity contribution in [3.05, 3.63) is 84.4 Å². The fourth-order valence-corrected chi connectivity index (χ4v) is 5.96. The van der Waals surface area contributed by atoms with Gasteiger partial charge in [0.2, 0.25) is 5.91 Å². The summed E-state index contributed by atoms with van der Waals surface area (Å²) in [6, 6.07) is 21.5. The van der Waals surface area contributed by atoms with Crippen molar-refractivity contribution >= 4 is 33.2 Å². The summed E-state index contributed by atoms with van der Waals surface area (Å²) >= 11 is 0. The molecule has 1 saturated heterocycles. The minimum Gasteiger partial charge on any atom is -0.492 e. The molecule has 0 spiro atoms. The molecule has 3 aromatic rings. The molecule has 0 atom stereocenters. The molecule has 1 fully saturated rings. The van der Waals surface area contributed by atoms with E-state index in [0.717, 1.165) is 30.0 Å². The summed E-state index contributed by atoms with van der Waals surface area (Å²) < 4.78 is 34.2. The SMILES string of the molecule is CCOc1ccccc1N(CC(=O)Nc1ccccc1C(=O)N1CCCCCC1)S(=O)(=O)c1ccccc1. The molecule has 1 N–H and O–H groups in total. The van der Waals surface area contributed by atoms with Gasteiger partial charge in [0.05, 0.1) is 28.4 Å². The van der Waals surface area contributed by atoms with Crippen LogP contribution in [0.2, 0.25) is 0 Å². The zero-order valence-electron chi connectivity index (χ0n) is 21.5. The van der Waals surface area contributed by atoms with Crippen LogP contribution in [0.15, 0.2) is 83.8 Å². The second-order valence-electron chi connectivity index (χ2n) is 9.03. The van der Waals surface area contributed by atoms with Crippen LogP contribution < -0.4 is 14.4 Å². The topological polar surface area (TPSA) is 96.0 Å². The first-order valence-electron chi connectivity index (χ1n) is 12.9. The summed E-state index contributed by atoms with van der Waals surface area (Å²) in [5, 5.41) is 2.79. The number of ether oxygens (including phenoxy) is 1. The molecule has 2 amide bonds. The number of likely N-dealkylation sites (tertiary alicyclic amines) is 1. The summed E-state index contributed by atoms with van der Waals surface area (Å²) in [5.74, 6) is -0.371. The molecule has 1 heterocycles. The van der Waals surface area contributed by atoms with Gasteiger partial charge in [0, 0.05) is 13.1 Å². The van der Waals surface area contributed by atoms with Crippen molar-refractivity contribution in [1.29, 1.82) is 0 Å². The first-order valence-corrected chi connectivity index (χ1v) is 14.3. The molecule has 38 heavy (non-hydrogen) atoms. The molecule has 0 saturated carbocycles. The van der Waals surface area contributed by atoms with E-state index in [1.165, 1.54) is 12.1 Å². The van der Waals surface area contributed by atoms with Crippen LogP contribution in [0.25, 0.3) is 0 Å². The number of nitrogens with one attached hydrogen (secondary N) is 1. The highest BCUT2D eigenvalue weighted by Gasteiger charge is 2.30. The lowest BCUT2D eigenvalue weighted by atomic mass is 10.1. The van der Waals surface area contributed by atoms with Gasteiger partial charge in [0.15, 0.2) is 0 Å². The van der Waals surface area contributed by atoms with E-state index in [0.29, 0.717) is 36.7 Å². The van der Waals surface area contributed by atoms with Crippen LogP contribution in [-0.4, -0.2) is 51.4 Å². The van der Waals surface area contributed by atoms with Gasteiger partial charge in [-0.05, 0) is 56.2 Å². The monoisotopic (exact) mass is 535 g/mol. The van der Waals surface area contributed by atoms with Crippen molar-refractivity contribution in [3.8, 4) is 5.75 Å². The number of carbonyl (C=O) groups excluding carboxylic acids is 2. The number of hydrogen-bond acceptors (Lipinski definition) is 5. The van der Waals surface area contributed by atoms with Crippen molar-refractivity contribution < 1.29 is 22.7 Å². The number of nitrogens with zero attached hydrogens (tertiary/aromatic N) is 2. The summed E-state index contributed by atoms with van der Waals surface area (Å²) in [5.41, 5.74) is 0.985. The zero-order chi connectivity index (χ0) is 27.0. The summed E-state index contributed by atoms with van der Waals surface area (Å²) in [4.78, 5) is 28.6. The minimum absolute atomic E-state index is 0.0517. The van der Waals surface area contributed by atoms with E-state index < -0.39 is 22.5 Å². The average Bonchev–Trinajstić information content (AvgIpc) is 3.23. The van der Waals surface area contributed by atoms with Gasteiger partial charge in [0.25, 0.3) is 15.9 Å². The van der Waals surface area contributed by atoms with Crippen molar-refractivity contribution in [2.45, 2.75) is 37.5 Å². The van der Waals surface area contributed by atoms with Crippen molar-refractivity contribution in [1.82, 2.24) is 4.90 Å². The van der Waals surface area contributed by atoms with E-state index in [4.69, 9.17) is 4.74 Å². The Morgan fingerprint density at radius 1 is 0.868 bits per heavy atom. The van der Waals surface area contributed by atoms with Gasteiger partial charge in [-0.15, -0.1) is 0 Å². The molecule has 0 radical (unpaired) electrons. The number of sulfonamides is 1. The normalized spacial score (nSPS) is 13.9. The van der Waals surface area contributed by atoms with Crippen LogP contribution in [0.3, 0.4) is 0 Å². The molecule has 0 bridgehead atoms. The van der Waals surface area contributed by atoms with E-state index in [1.807, 2.05) is 4.90 Å². The van der Waals surface area contributed by atoms with Gasteiger partial charge in [-0.3, -0.25) is 13.9 Å². The Kier molecular flexibility index (Phi) is 9.02. The van der Waals surface area contributed by atoms with Gasteiger partial charge in [0.1, 0.15) is 12.3 Å². The fraction of sp³-hybridized carbons (Fsp3) is 0.310. The Labute approximate surface area is 224 Å². The highest BCUT2D eigenvalue weighted by atomic mass is 32.2. The molecular weight excluding hydrogens is 502 g/mol. The molecule has 4 rings (SSSR count). The quantitative estimate of drug-likeness (QED) is 0.419. The Balaban J connectivity index is 1.64. The third-order valence-electron chi connectivity index (χ3n) is 6.38. The number of carbonyl (C=O) groups is 2. The standard InChI is InChI=1S/C29H33N3O5S/c1-2-37-27-19-11-10-18-26(27)32(38(35,36)23-14-6-5-7-15-23)22-28(33)30-25-17-9-8-16-24(25)29(34)31-20-12-3-4-13-21-31/h5-11,14-19H,2-4,12-13,20-22H2,1H3,(H,30,33). The van der Waals surface area contributed by atoms with Gasteiger partial charge in [-0.25, -0.2) is 8.42 Å². The van der Waals surface area contributed by atoms with Crippen LogP contribution in [0.1, 0.15) is 43.0 Å². The van der Waals surface area contributed by atoms with Gasteiger partial charge < -0.3 is 15.0 Å². The largest absolute Gasteiger partial charge is 0.492 e. The molecular formula is C29H33N3O5S. The Morgan fingerprint density at radius 2 is 1.50 bits per heavy atom. The molecule has 0 aromatic heterocycles. The maximum Gasteiger partial charge on any atom is 0.264 e. The van der Waals surface area contributed by atoms with E-state index >= 15 is 0 Å². The first-order chi connectivity index (χ1) is 18.4. The second kappa shape index (κ2) is 12.6. The molecule has 1 aliphatic heterocycles. The number of amides is 2. The number of hydrogen-bond donors (Lipinski definition) is 1. The highest BCUT2D eigenvalue weighted by molar-refractivity contribution is 7.92. The van der Waals surface area contributed by atoms with Gasteiger partial charge in [-0.2, -0.15) is 0 Å². The number of benzene rings is 3. The van der Waals surface area contributed by atoms with Crippen molar-refractivity contribution in [2.75, 3.05) is 35.9 Å². The Morgan fingerprint density at radius 3 is 2.21 bits per heavy atom. The number of rotatable bonds is 9. The van der Waals surface area contributed by atoms with E-state index in [1.54, 1.807) is 73.7 Å². The highest BCUT2D eigenvalue weighted by Crippen LogP contribution is 2.32. The fourth-order valence-electron chi connectivity index (χ4n) is 4.50. The van der Waals surface area contributed by atoms with Crippen LogP contribution in [0.4, 0.5) is 11.4 Å². The molecule has 3 aromatic carbocycles. The Hall–Kier alpha value is -3.85. The van der Waals surface area contributed by atoms with Crippen molar-refractivity contribution in [3.63, 3.8) is 0 Å². The van der Waals surface area contributed by atoms with Crippen LogP contribution in [0, 0.1) is 0 Å². The smallest absolute Gasteiger partial charge is 0.264 e. The molecule has 8 nitrogen and oxygen atoms in total. The summed E-state index contributed by atoms with van der Waals surface area (Å²) in [7, 11) is -4.11. The minimum atomic E-state index is -4.11. The van der Waals surface area contributed by atoms with Gasteiger partial charge in [-0.1, -0.05) is 55.3 Å². The van der Waals surface area contributed by atoms with Crippen molar-refractivity contribution in [2.24, 2.45) is 0 Å². The summed E-state index contributed by atoms with van der Waals surface area (Å²) in [6.07, 6.45) is 4.09. The first kappa shape index (κ1) is 27.2. The molecule has 0 unspecified atom stereocenters. The van der Waals surface area contributed by atoms with Crippen LogP contribution >= 0.6 is 0 Å². The lowest BCUT2D eigenvalue weighted by Crippen LogP contribution is -2.39. The van der Waals surface area contributed by atoms with Crippen LogP contribution in [-0.2, 0) is 14.8 Å². The molecule has 9 heteroatoms. The summed E-state index contributed by atoms with van der Waals surface area (Å²) in [6.45, 7) is 2.98. The number of para-hydroxylation sites is 3. The second-order valence-corrected chi connectivity index (χ2v) is 10.9.